The third-order valence-electron chi connectivity index (χ3n) is 3.84. The number of rotatable bonds is 6. The van der Waals surface area contributed by atoms with E-state index < -0.39 is 0 Å². The first kappa shape index (κ1) is 17.5. The Kier molecular flexibility index (Phi) is 5.40. The molecule has 0 aliphatic rings. The maximum Gasteiger partial charge on any atom is 0.168 e. The van der Waals surface area contributed by atoms with Gasteiger partial charge in [-0.1, -0.05) is 36.0 Å². The van der Waals surface area contributed by atoms with Gasteiger partial charge in [-0.3, -0.25) is 4.98 Å². The predicted molar refractivity (Wildman–Crippen MR) is 104 cm³/mol. The number of pyridine rings is 2. The number of halogens is 1. The molecule has 0 aliphatic heterocycles. The molecule has 0 bridgehead atoms. The van der Waals surface area contributed by atoms with Crippen LogP contribution in [0.25, 0.3) is 5.70 Å². The molecule has 5 nitrogen and oxygen atoms in total. The normalized spacial score (nSPS) is 10.7. The number of aromatic nitrogens is 4. The minimum absolute atomic E-state index is 0.503. The molecule has 0 saturated carbocycles. The van der Waals surface area contributed by atoms with Gasteiger partial charge in [0.15, 0.2) is 5.16 Å². The van der Waals surface area contributed by atoms with E-state index >= 15 is 0 Å². The van der Waals surface area contributed by atoms with E-state index in [-0.39, 0.29) is 0 Å². The molecule has 3 rings (SSSR count). The van der Waals surface area contributed by atoms with E-state index in [0.717, 1.165) is 33.6 Å². The van der Waals surface area contributed by atoms with Crippen LogP contribution in [0.3, 0.4) is 0 Å². The fraction of sp³-hybridized carbons (Fsp3) is 0.167. The zero-order chi connectivity index (χ0) is 17.8. The smallest absolute Gasteiger partial charge is 0.168 e. The first-order chi connectivity index (χ1) is 12.1. The summed E-state index contributed by atoms with van der Waals surface area (Å²) in [5.41, 5.74) is 3.91. The molecule has 0 N–H and O–H groups in total. The molecular weight excluding hydrogens is 354 g/mol. The molecular formula is C18H18ClN5S. The summed E-state index contributed by atoms with van der Waals surface area (Å²) < 4.78 is 2.04. The van der Waals surface area contributed by atoms with E-state index in [4.69, 9.17) is 11.6 Å². The summed E-state index contributed by atoms with van der Waals surface area (Å²) >= 11 is 7.47. The lowest BCUT2D eigenvalue weighted by molar-refractivity contribution is 0.777. The molecule has 3 aromatic heterocycles. The van der Waals surface area contributed by atoms with Crippen molar-refractivity contribution in [3.63, 3.8) is 0 Å². The standard InChI is InChI=1S/C18H18ClN5S/c1-13(23(2)15-5-4-8-20-10-15)16-11-22-18(24(16)3)25-12-14-6-7-17(19)21-9-14/h4-11H,1,12H2,2-3H3. The summed E-state index contributed by atoms with van der Waals surface area (Å²) in [5, 5.41) is 1.42. The first-order valence-electron chi connectivity index (χ1n) is 7.64. The van der Waals surface area contributed by atoms with Crippen LogP contribution in [0.5, 0.6) is 0 Å². The topological polar surface area (TPSA) is 46.8 Å². The summed E-state index contributed by atoms with van der Waals surface area (Å²) in [4.78, 5) is 14.8. The molecule has 128 valence electrons. The van der Waals surface area contributed by atoms with Crippen molar-refractivity contribution in [2.24, 2.45) is 7.05 Å². The Labute approximate surface area is 156 Å². The van der Waals surface area contributed by atoms with Crippen LogP contribution in [-0.2, 0) is 12.8 Å². The van der Waals surface area contributed by atoms with Crippen molar-refractivity contribution in [2.75, 3.05) is 11.9 Å². The van der Waals surface area contributed by atoms with Gasteiger partial charge >= 0.3 is 0 Å². The zero-order valence-electron chi connectivity index (χ0n) is 14.1. The molecule has 7 heteroatoms. The van der Waals surface area contributed by atoms with Crippen molar-refractivity contribution in [1.82, 2.24) is 19.5 Å². The summed E-state index contributed by atoms with van der Waals surface area (Å²) in [6.07, 6.45) is 7.20. The molecule has 0 spiro atoms. The highest BCUT2D eigenvalue weighted by Crippen LogP contribution is 2.27. The minimum atomic E-state index is 0.503. The number of nitrogens with zero attached hydrogens (tertiary/aromatic N) is 5. The summed E-state index contributed by atoms with van der Waals surface area (Å²) in [6.45, 7) is 4.21. The first-order valence-corrected chi connectivity index (χ1v) is 9.00. The van der Waals surface area contributed by atoms with Crippen molar-refractivity contribution in [3.8, 4) is 0 Å². The highest BCUT2D eigenvalue weighted by atomic mass is 35.5. The zero-order valence-corrected chi connectivity index (χ0v) is 15.6. The Balaban J connectivity index is 1.72. The average Bonchev–Trinajstić information content (AvgIpc) is 3.01. The number of imidazole rings is 1. The lowest BCUT2D eigenvalue weighted by atomic mass is 10.3. The highest BCUT2D eigenvalue weighted by molar-refractivity contribution is 7.98. The molecule has 0 atom stereocenters. The fourth-order valence-electron chi connectivity index (χ4n) is 2.31. The van der Waals surface area contributed by atoms with E-state index in [1.807, 2.05) is 54.2 Å². The number of hydrogen-bond donors (Lipinski definition) is 0. The third kappa shape index (κ3) is 4.03. The van der Waals surface area contributed by atoms with Gasteiger partial charge in [-0.05, 0) is 23.8 Å². The van der Waals surface area contributed by atoms with Crippen LogP contribution in [0.2, 0.25) is 5.15 Å². The van der Waals surface area contributed by atoms with Crippen molar-refractivity contribution in [3.05, 3.63) is 72.0 Å². The molecule has 3 aromatic rings. The third-order valence-corrected chi connectivity index (χ3v) is 5.17. The second-order valence-electron chi connectivity index (χ2n) is 5.48. The van der Waals surface area contributed by atoms with Crippen LogP contribution in [0.4, 0.5) is 5.69 Å². The second kappa shape index (κ2) is 7.72. The molecule has 0 unspecified atom stereocenters. The van der Waals surface area contributed by atoms with Crippen LogP contribution in [0, 0.1) is 0 Å². The molecule has 0 aliphatic carbocycles. The molecule has 3 heterocycles. The maximum atomic E-state index is 5.82. The Morgan fingerprint density at radius 2 is 2.08 bits per heavy atom. The molecule has 0 aromatic carbocycles. The van der Waals surface area contributed by atoms with Gasteiger partial charge in [0, 0.05) is 32.2 Å². The van der Waals surface area contributed by atoms with Gasteiger partial charge in [0.05, 0.1) is 29.5 Å². The van der Waals surface area contributed by atoms with Crippen molar-refractivity contribution in [2.45, 2.75) is 10.9 Å². The number of thioether (sulfide) groups is 1. The monoisotopic (exact) mass is 371 g/mol. The minimum Gasteiger partial charge on any atom is -0.342 e. The predicted octanol–water partition coefficient (Wildman–Crippen LogP) is 4.26. The molecule has 25 heavy (non-hydrogen) atoms. The van der Waals surface area contributed by atoms with Crippen LogP contribution in [0.15, 0.2) is 60.8 Å². The van der Waals surface area contributed by atoms with Crippen molar-refractivity contribution < 1.29 is 0 Å². The van der Waals surface area contributed by atoms with Gasteiger partial charge in [0.25, 0.3) is 0 Å². The largest absolute Gasteiger partial charge is 0.342 e. The van der Waals surface area contributed by atoms with Gasteiger partial charge < -0.3 is 9.47 Å². The van der Waals surface area contributed by atoms with Gasteiger partial charge in [0.1, 0.15) is 5.15 Å². The van der Waals surface area contributed by atoms with Crippen LogP contribution < -0.4 is 4.90 Å². The van der Waals surface area contributed by atoms with Crippen LogP contribution in [0.1, 0.15) is 11.3 Å². The maximum absolute atomic E-state index is 5.82. The Morgan fingerprint density at radius 1 is 1.24 bits per heavy atom. The second-order valence-corrected chi connectivity index (χ2v) is 6.81. The number of anilines is 1. The van der Waals surface area contributed by atoms with Gasteiger partial charge in [-0.15, -0.1) is 0 Å². The van der Waals surface area contributed by atoms with E-state index in [1.54, 1.807) is 30.2 Å². The van der Waals surface area contributed by atoms with Crippen LogP contribution in [-0.4, -0.2) is 26.6 Å². The molecule has 0 saturated heterocycles. The summed E-state index contributed by atoms with van der Waals surface area (Å²) in [5.74, 6) is 0.777. The highest BCUT2D eigenvalue weighted by Gasteiger charge is 2.14. The average molecular weight is 372 g/mol. The number of hydrogen-bond acceptors (Lipinski definition) is 5. The Bertz CT molecular complexity index is 861. The molecule has 0 fully saturated rings. The van der Waals surface area contributed by atoms with Gasteiger partial charge in [-0.25, -0.2) is 9.97 Å². The SMILES string of the molecule is C=C(c1cnc(SCc2ccc(Cl)nc2)n1C)N(C)c1cccnc1. The van der Waals surface area contributed by atoms with Crippen molar-refractivity contribution >= 4 is 34.7 Å². The van der Waals surface area contributed by atoms with Gasteiger partial charge in [-0.2, -0.15) is 0 Å². The van der Waals surface area contributed by atoms with E-state index in [2.05, 4.69) is 21.5 Å². The van der Waals surface area contributed by atoms with E-state index in [1.165, 1.54) is 0 Å². The lowest BCUT2D eigenvalue weighted by Crippen LogP contribution is -2.16. The quantitative estimate of drug-likeness (QED) is 0.478. The fourth-order valence-corrected chi connectivity index (χ4v) is 3.31. The van der Waals surface area contributed by atoms with E-state index in [9.17, 15) is 0 Å². The van der Waals surface area contributed by atoms with Gasteiger partial charge in [0.2, 0.25) is 0 Å². The van der Waals surface area contributed by atoms with E-state index in [0.29, 0.717) is 5.15 Å². The Hall–Kier alpha value is -2.31. The molecule has 0 amide bonds. The van der Waals surface area contributed by atoms with Crippen LogP contribution >= 0.6 is 23.4 Å². The Morgan fingerprint density at radius 3 is 2.76 bits per heavy atom. The lowest BCUT2D eigenvalue weighted by Gasteiger charge is -2.21. The summed E-state index contributed by atoms with van der Waals surface area (Å²) in [6, 6.07) is 7.68. The summed E-state index contributed by atoms with van der Waals surface area (Å²) in [7, 11) is 3.96. The van der Waals surface area contributed by atoms with Crippen molar-refractivity contribution in [1.29, 1.82) is 0 Å². The molecule has 0 radical (unpaired) electrons.